The van der Waals surface area contributed by atoms with E-state index in [2.05, 4.69) is 4.74 Å². The molecule has 0 N–H and O–H groups in total. The van der Waals surface area contributed by atoms with Gasteiger partial charge in [-0.15, -0.1) is 0 Å². The molecule has 0 saturated carbocycles. The van der Waals surface area contributed by atoms with E-state index in [-0.39, 0.29) is 17.5 Å². The van der Waals surface area contributed by atoms with Crippen LogP contribution in [0.5, 0.6) is 0 Å². The average molecular weight is 509 g/mol. The molecule has 0 radical (unpaired) electrons. The number of benzene rings is 2. The third-order valence-electron chi connectivity index (χ3n) is 3.86. The molecule has 0 saturated heterocycles. The molecule has 0 unspecified atom stereocenters. The lowest BCUT2D eigenvalue weighted by molar-refractivity contribution is -0.137. The molecule has 0 spiro atoms. The van der Waals surface area contributed by atoms with E-state index >= 15 is 0 Å². The molecule has 2 aromatic carbocycles. The fraction of sp³-hybridized carbons (Fsp3) is 0.250. The van der Waals surface area contributed by atoms with Crippen LogP contribution in [0.1, 0.15) is 27.0 Å². The molecule has 0 atom stereocenters. The van der Waals surface area contributed by atoms with Gasteiger partial charge in [-0.3, -0.25) is 0 Å². The van der Waals surface area contributed by atoms with Crippen molar-refractivity contribution >= 4 is 47.2 Å². The van der Waals surface area contributed by atoms with Gasteiger partial charge in [0.05, 0.1) is 29.7 Å². The first-order valence-corrected chi connectivity index (χ1v) is 14.3. The first kappa shape index (κ1) is 25.7. The molecule has 0 amide bonds. The summed E-state index contributed by atoms with van der Waals surface area (Å²) in [4.78, 5) is 11.4. The van der Waals surface area contributed by atoms with Gasteiger partial charge >= 0.3 is 12.1 Å². The van der Waals surface area contributed by atoms with E-state index in [1.54, 1.807) is 28.3 Å². The second-order valence-electron chi connectivity index (χ2n) is 6.24. The average Bonchev–Trinajstić information content (AvgIpc) is 2.72. The smallest absolute Gasteiger partial charge is 0.416 e. The minimum Gasteiger partial charge on any atom is -0.465 e. The molecule has 0 heterocycles. The predicted molar refractivity (Wildman–Crippen MR) is 122 cm³/mol. The number of carbonyl (C=O) groups excluding carboxylic acids is 1. The summed E-state index contributed by atoms with van der Waals surface area (Å²) < 4.78 is 66.6. The van der Waals surface area contributed by atoms with E-state index < -0.39 is 21.6 Å². The summed E-state index contributed by atoms with van der Waals surface area (Å²) in [6.07, 6.45) is -2.93. The highest BCUT2D eigenvalue weighted by Gasteiger charge is 2.30. The number of alkyl halides is 3. The van der Waals surface area contributed by atoms with Gasteiger partial charge in [0.1, 0.15) is 0 Å². The van der Waals surface area contributed by atoms with Gasteiger partial charge in [-0.05, 0) is 50.6 Å². The van der Waals surface area contributed by atoms with E-state index in [1.807, 2.05) is 12.1 Å². The zero-order valence-corrected chi connectivity index (χ0v) is 19.6. The number of rotatable bonds is 10. The van der Waals surface area contributed by atoms with Crippen LogP contribution in [0.25, 0.3) is 0 Å². The molecule has 0 aliphatic carbocycles. The van der Waals surface area contributed by atoms with Gasteiger partial charge < -0.3 is 4.74 Å². The second-order valence-corrected chi connectivity index (χ2v) is 12.4. The summed E-state index contributed by atoms with van der Waals surface area (Å²) in [5.74, 6) is -0.188. The van der Waals surface area contributed by atoms with E-state index in [0.717, 1.165) is 17.7 Å². The van der Waals surface area contributed by atoms with Crippen LogP contribution < -0.4 is 0 Å². The highest BCUT2D eigenvalue weighted by molar-refractivity contribution is 9.09. The number of hydrogen-bond donors (Lipinski definition) is 0. The molecule has 0 bridgehead atoms. The Morgan fingerprint density at radius 1 is 1.03 bits per heavy atom. The van der Waals surface area contributed by atoms with Crippen LogP contribution in [0.4, 0.5) is 13.2 Å². The number of halogens is 3. The zero-order chi connectivity index (χ0) is 22.9. The van der Waals surface area contributed by atoms with E-state index in [9.17, 15) is 26.4 Å². The highest BCUT2D eigenvalue weighted by Crippen LogP contribution is 2.37. The van der Waals surface area contributed by atoms with Crippen LogP contribution in [-0.2, 0) is 32.3 Å². The minimum absolute atomic E-state index is 0.193. The summed E-state index contributed by atoms with van der Waals surface area (Å²) >= 11 is 0. The molecule has 4 nitrogen and oxygen atoms in total. The molecule has 0 fully saturated rings. The summed E-state index contributed by atoms with van der Waals surface area (Å²) in [5.41, 5.74) is 1.03. The van der Waals surface area contributed by atoms with Crippen molar-refractivity contribution in [1.82, 2.24) is 0 Å². The quantitative estimate of drug-likeness (QED) is 0.217. The Hall–Kier alpha value is -1.56. The maximum atomic E-state index is 12.6. The SMILES string of the molecule is COC(=O)c1ccc(CSSS/C=C/CS(=O)(=O)Cc2ccc(C(F)(F)F)cc2)cc1. The Morgan fingerprint density at radius 3 is 2.23 bits per heavy atom. The van der Waals surface area contributed by atoms with E-state index in [4.69, 9.17) is 0 Å². The Bertz CT molecular complexity index is 987. The van der Waals surface area contributed by atoms with Gasteiger partial charge in [-0.25, -0.2) is 13.2 Å². The van der Waals surface area contributed by atoms with Crippen molar-refractivity contribution in [2.24, 2.45) is 0 Å². The van der Waals surface area contributed by atoms with E-state index in [1.165, 1.54) is 45.9 Å². The molecular formula is C20H19F3O4S4. The Kier molecular flexibility index (Phi) is 9.86. The van der Waals surface area contributed by atoms with Crippen molar-refractivity contribution in [2.45, 2.75) is 17.7 Å². The lowest BCUT2D eigenvalue weighted by Crippen LogP contribution is -2.08. The number of sulfone groups is 1. The van der Waals surface area contributed by atoms with Crippen molar-refractivity contribution in [1.29, 1.82) is 0 Å². The molecule has 168 valence electrons. The molecule has 31 heavy (non-hydrogen) atoms. The zero-order valence-electron chi connectivity index (χ0n) is 16.3. The standard InChI is InChI=1S/C20H19F3O4S4/c1-27-19(24)17-7-3-15(4-8-17)13-29-30-28-11-2-12-31(25,26)14-16-5-9-18(10-6-16)20(21,22)23/h2-11H,12-14H2,1H3/b11-2+. The second kappa shape index (κ2) is 11.9. The minimum atomic E-state index is -4.44. The summed E-state index contributed by atoms with van der Waals surface area (Å²) in [5, 5.41) is 1.67. The molecule has 0 aromatic heterocycles. The fourth-order valence-corrected chi connectivity index (χ4v) is 6.74. The van der Waals surface area contributed by atoms with Crippen molar-refractivity contribution in [3.05, 3.63) is 82.3 Å². The van der Waals surface area contributed by atoms with Crippen LogP contribution in [0.15, 0.2) is 60.0 Å². The molecular weight excluding hydrogens is 489 g/mol. The van der Waals surface area contributed by atoms with Crippen LogP contribution in [-0.4, -0.2) is 27.2 Å². The normalized spacial score (nSPS) is 12.3. The largest absolute Gasteiger partial charge is 0.465 e. The van der Waals surface area contributed by atoms with Crippen LogP contribution in [0, 0.1) is 0 Å². The fourth-order valence-electron chi connectivity index (χ4n) is 2.33. The maximum absolute atomic E-state index is 12.6. The Labute approximate surface area is 190 Å². The van der Waals surface area contributed by atoms with Crippen molar-refractivity contribution in [3.63, 3.8) is 0 Å². The molecule has 2 aromatic rings. The molecule has 0 aliphatic heterocycles. The van der Waals surface area contributed by atoms with Gasteiger partial charge in [-0.2, -0.15) is 13.2 Å². The number of esters is 1. The third-order valence-corrected chi connectivity index (χ3v) is 9.05. The van der Waals surface area contributed by atoms with Crippen LogP contribution in [0.2, 0.25) is 0 Å². The number of hydrogen-bond acceptors (Lipinski definition) is 7. The van der Waals surface area contributed by atoms with Gasteiger partial charge in [0.25, 0.3) is 0 Å². The first-order chi connectivity index (χ1) is 14.6. The van der Waals surface area contributed by atoms with Crippen LogP contribution >= 0.6 is 31.4 Å². The topological polar surface area (TPSA) is 60.4 Å². The van der Waals surface area contributed by atoms with Gasteiger partial charge in [0.2, 0.25) is 0 Å². The van der Waals surface area contributed by atoms with Gasteiger partial charge in [0.15, 0.2) is 9.84 Å². The van der Waals surface area contributed by atoms with Crippen molar-refractivity contribution in [3.8, 4) is 0 Å². The van der Waals surface area contributed by atoms with E-state index in [0.29, 0.717) is 16.9 Å². The maximum Gasteiger partial charge on any atom is 0.416 e. The number of ether oxygens (including phenoxy) is 1. The third kappa shape index (κ3) is 9.22. The van der Waals surface area contributed by atoms with Crippen molar-refractivity contribution < 1.29 is 31.1 Å². The molecule has 11 heteroatoms. The highest BCUT2D eigenvalue weighted by atomic mass is 33.5. The molecule has 2 rings (SSSR count). The first-order valence-electron chi connectivity index (χ1n) is 8.74. The summed E-state index contributed by atoms with van der Waals surface area (Å²) in [7, 11) is 2.27. The van der Waals surface area contributed by atoms with Crippen molar-refractivity contribution in [2.75, 3.05) is 12.9 Å². The lowest BCUT2D eigenvalue weighted by atomic mass is 10.1. The number of methoxy groups -OCH3 is 1. The predicted octanol–water partition coefficient (Wildman–Crippen LogP) is 6.15. The molecule has 0 aliphatic rings. The summed E-state index contributed by atoms with van der Waals surface area (Å²) in [6.45, 7) is 0. The van der Waals surface area contributed by atoms with Gasteiger partial charge in [0, 0.05) is 5.75 Å². The summed E-state index contributed by atoms with van der Waals surface area (Å²) in [6, 6.07) is 11.2. The monoisotopic (exact) mass is 508 g/mol. The number of carbonyl (C=O) groups is 1. The lowest BCUT2D eigenvalue weighted by Gasteiger charge is -2.07. The Morgan fingerprint density at radius 2 is 1.65 bits per heavy atom. The van der Waals surface area contributed by atoms with Crippen LogP contribution in [0.3, 0.4) is 0 Å². The van der Waals surface area contributed by atoms with Gasteiger partial charge in [-0.1, -0.05) is 51.9 Å². The Balaban J connectivity index is 1.70.